The number of aliphatic imine (C=N–C) groups is 1. The molecule has 1 rings (SSSR count). The van der Waals surface area contributed by atoms with Gasteiger partial charge >= 0.3 is 0 Å². The number of ether oxygens (including phenoxy) is 2. The van der Waals surface area contributed by atoms with E-state index in [4.69, 9.17) is 9.47 Å². The number of nitrogens with zero attached hydrogens (tertiary/aromatic N) is 2. The van der Waals surface area contributed by atoms with Gasteiger partial charge in [0.15, 0.2) is 17.5 Å². The first-order valence-electron chi connectivity index (χ1n) is 9.76. The lowest BCUT2D eigenvalue weighted by atomic mass is 10.2. The van der Waals surface area contributed by atoms with Gasteiger partial charge in [0, 0.05) is 24.8 Å². The van der Waals surface area contributed by atoms with Crippen molar-refractivity contribution in [3.63, 3.8) is 0 Å². The SMILES string of the molecule is CCNC(=NCCCCN(CC)CC)Nc1ccc(OCC)c(OC)c1.I. The maximum atomic E-state index is 5.56. The van der Waals surface area contributed by atoms with Crippen LogP contribution < -0.4 is 20.1 Å². The van der Waals surface area contributed by atoms with E-state index in [-0.39, 0.29) is 24.0 Å². The zero-order chi connectivity index (χ0) is 19.2. The molecule has 6 nitrogen and oxygen atoms in total. The molecule has 0 atom stereocenters. The van der Waals surface area contributed by atoms with Crippen molar-refractivity contribution in [1.29, 1.82) is 0 Å². The maximum absolute atomic E-state index is 5.56. The highest BCUT2D eigenvalue weighted by atomic mass is 127. The molecule has 0 fully saturated rings. The van der Waals surface area contributed by atoms with Gasteiger partial charge in [-0.1, -0.05) is 13.8 Å². The third kappa shape index (κ3) is 10.0. The number of methoxy groups -OCH3 is 1. The van der Waals surface area contributed by atoms with Gasteiger partial charge < -0.3 is 25.0 Å². The van der Waals surface area contributed by atoms with E-state index in [0.717, 1.165) is 56.5 Å². The first kappa shape index (κ1) is 25.8. The van der Waals surface area contributed by atoms with Gasteiger partial charge in [0.05, 0.1) is 13.7 Å². The lowest BCUT2D eigenvalue weighted by Gasteiger charge is -2.17. The van der Waals surface area contributed by atoms with E-state index in [0.29, 0.717) is 12.4 Å². The number of hydrogen-bond donors (Lipinski definition) is 2. The zero-order valence-corrected chi connectivity index (χ0v) is 19.8. The van der Waals surface area contributed by atoms with Crippen LogP contribution in [0.5, 0.6) is 11.5 Å². The van der Waals surface area contributed by atoms with E-state index in [1.807, 2.05) is 25.1 Å². The summed E-state index contributed by atoms with van der Waals surface area (Å²) in [6.07, 6.45) is 2.25. The molecule has 0 bridgehead atoms. The van der Waals surface area contributed by atoms with Gasteiger partial charge in [-0.3, -0.25) is 4.99 Å². The normalized spacial score (nSPS) is 11.1. The van der Waals surface area contributed by atoms with Gasteiger partial charge in [-0.15, -0.1) is 24.0 Å². The Kier molecular flexibility index (Phi) is 15.1. The second-order valence-corrected chi connectivity index (χ2v) is 5.92. The van der Waals surface area contributed by atoms with Gasteiger partial charge in [0.1, 0.15) is 0 Å². The average molecular weight is 492 g/mol. The van der Waals surface area contributed by atoms with Crippen LogP contribution in [0.15, 0.2) is 23.2 Å². The second-order valence-electron chi connectivity index (χ2n) is 5.92. The van der Waals surface area contributed by atoms with Crippen molar-refractivity contribution in [3.8, 4) is 11.5 Å². The summed E-state index contributed by atoms with van der Waals surface area (Å²) >= 11 is 0. The maximum Gasteiger partial charge on any atom is 0.195 e. The summed E-state index contributed by atoms with van der Waals surface area (Å²) < 4.78 is 11.0. The standard InChI is InChI=1S/C20H36N4O2.HI/c1-6-21-20(22-14-10-11-15-24(7-2)8-3)23-17-12-13-18(26-9-4)19(16-17)25-5;/h12-13,16H,6-11,14-15H2,1-5H3,(H2,21,22,23);1H. The average Bonchev–Trinajstić information content (AvgIpc) is 2.66. The molecule has 0 heterocycles. The Hall–Kier alpha value is -1.22. The Labute approximate surface area is 182 Å². The van der Waals surface area contributed by atoms with Crippen LogP contribution in [-0.2, 0) is 0 Å². The molecule has 0 saturated heterocycles. The van der Waals surface area contributed by atoms with Crippen molar-refractivity contribution < 1.29 is 9.47 Å². The van der Waals surface area contributed by atoms with Gasteiger partial charge in [-0.25, -0.2) is 0 Å². The molecule has 0 radical (unpaired) electrons. The minimum absolute atomic E-state index is 0. The summed E-state index contributed by atoms with van der Waals surface area (Å²) in [4.78, 5) is 7.12. The van der Waals surface area contributed by atoms with E-state index in [1.54, 1.807) is 7.11 Å². The topological polar surface area (TPSA) is 58.1 Å². The van der Waals surface area contributed by atoms with E-state index in [9.17, 15) is 0 Å². The lowest BCUT2D eigenvalue weighted by molar-refractivity contribution is 0.298. The molecule has 156 valence electrons. The Bertz CT molecular complexity index is 537. The molecule has 0 aliphatic heterocycles. The van der Waals surface area contributed by atoms with E-state index in [1.165, 1.54) is 6.42 Å². The number of halogens is 1. The van der Waals surface area contributed by atoms with Crippen LogP contribution in [0.1, 0.15) is 40.5 Å². The van der Waals surface area contributed by atoms with Crippen LogP contribution in [0, 0.1) is 0 Å². The number of nitrogens with one attached hydrogen (secondary N) is 2. The highest BCUT2D eigenvalue weighted by molar-refractivity contribution is 14.0. The summed E-state index contributed by atoms with van der Waals surface area (Å²) in [6, 6.07) is 5.82. The lowest BCUT2D eigenvalue weighted by Crippen LogP contribution is -2.30. The molecule has 0 unspecified atom stereocenters. The van der Waals surface area contributed by atoms with Crippen molar-refractivity contribution in [2.24, 2.45) is 4.99 Å². The molecular weight excluding hydrogens is 455 g/mol. The zero-order valence-electron chi connectivity index (χ0n) is 17.5. The quantitative estimate of drug-likeness (QED) is 0.198. The van der Waals surface area contributed by atoms with Gasteiger partial charge in [-0.05, 0) is 58.5 Å². The van der Waals surface area contributed by atoms with Gasteiger partial charge in [0.2, 0.25) is 0 Å². The summed E-state index contributed by atoms with van der Waals surface area (Å²) in [5, 5.41) is 6.63. The van der Waals surface area contributed by atoms with Crippen LogP contribution in [0.2, 0.25) is 0 Å². The molecule has 7 heteroatoms. The highest BCUT2D eigenvalue weighted by Gasteiger charge is 2.07. The molecule has 1 aromatic rings. The number of unbranched alkanes of at least 4 members (excludes halogenated alkanes) is 1. The Morgan fingerprint density at radius 1 is 1.07 bits per heavy atom. The third-order valence-electron chi connectivity index (χ3n) is 4.12. The Morgan fingerprint density at radius 2 is 1.81 bits per heavy atom. The summed E-state index contributed by atoms with van der Waals surface area (Å²) in [5.74, 6) is 2.26. The minimum atomic E-state index is 0. The molecule has 1 aromatic carbocycles. The monoisotopic (exact) mass is 492 g/mol. The fourth-order valence-electron chi connectivity index (χ4n) is 2.64. The molecular formula is C20H37IN4O2. The molecule has 0 amide bonds. The number of anilines is 1. The van der Waals surface area contributed by atoms with Crippen molar-refractivity contribution >= 4 is 35.6 Å². The molecule has 0 aromatic heterocycles. The molecule has 2 N–H and O–H groups in total. The summed E-state index contributed by atoms with van der Waals surface area (Å²) in [7, 11) is 1.65. The van der Waals surface area contributed by atoms with E-state index >= 15 is 0 Å². The van der Waals surface area contributed by atoms with Gasteiger partial charge in [-0.2, -0.15) is 0 Å². The van der Waals surface area contributed by atoms with E-state index in [2.05, 4.69) is 41.3 Å². The first-order valence-corrected chi connectivity index (χ1v) is 9.76. The van der Waals surface area contributed by atoms with Crippen molar-refractivity contribution in [2.45, 2.75) is 40.5 Å². The van der Waals surface area contributed by atoms with Crippen molar-refractivity contribution in [2.75, 3.05) is 51.8 Å². The molecule has 27 heavy (non-hydrogen) atoms. The summed E-state index contributed by atoms with van der Waals surface area (Å²) in [6.45, 7) is 14.1. The van der Waals surface area contributed by atoms with Crippen LogP contribution >= 0.6 is 24.0 Å². The highest BCUT2D eigenvalue weighted by Crippen LogP contribution is 2.30. The van der Waals surface area contributed by atoms with Crippen molar-refractivity contribution in [1.82, 2.24) is 10.2 Å². The Morgan fingerprint density at radius 3 is 2.41 bits per heavy atom. The van der Waals surface area contributed by atoms with Crippen LogP contribution in [0.25, 0.3) is 0 Å². The fraction of sp³-hybridized carbons (Fsp3) is 0.650. The predicted octanol–water partition coefficient (Wildman–Crippen LogP) is 4.21. The number of hydrogen-bond acceptors (Lipinski definition) is 4. The minimum Gasteiger partial charge on any atom is -0.493 e. The van der Waals surface area contributed by atoms with Crippen molar-refractivity contribution in [3.05, 3.63) is 18.2 Å². The number of guanidine groups is 1. The largest absolute Gasteiger partial charge is 0.493 e. The van der Waals surface area contributed by atoms with Crippen LogP contribution in [0.3, 0.4) is 0 Å². The third-order valence-corrected chi connectivity index (χ3v) is 4.12. The number of benzene rings is 1. The molecule has 0 spiro atoms. The second kappa shape index (κ2) is 15.8. The van der Waals surface area contributed by atoms with Crippen LogP contribution in [-0.4, -0.2) is 57.3 Å². The predicted molar refractivity (Wildman–Crippen MR) is 126 cm³/mol. The molecule has 0 aliphatic rings. The van der Waals surface area contributed by atoms with E-state index < -0.39 is 0 Å². The molecule has 0 saturated carbocycles. The Balaban J connectivity index is 0.00000676. The van der Waals surface area contributed by atoms with Crippen LogP contribution in [0.4, 0.5) is 5.69 Å². The number of rotatable bonds is 12. The molecule has 0 aliphatic carbocycles. The first-order chi connectivity index (χ1) is 12.7. The fourth-order valence-corrected chi connectivity index (χ4v) is 2.64. The smallest absolute Gasteiger partial charge is 0.195 e. The summed E-state index contributed by atoms with van der Waals surface area (Å²) in [5.41, 5.74) is 0.924. The van der Waals surface area contributed by atoms with Gasteiger partial charge in [0.25, 0.3) is 0 Å².